The van der Waals surface area contributed by atoms with Crippen molar-refractivity contribution < 1.29 is 18.7 Å². The monoisotopic (exact) mass is 431 g/mol. The second-order valence-electron chi connectivity index (χ2n) is 7.31. The smallest absolute Gasteiger partial charge is 0.336 e. The molecule has 0 atom stereocenters. The number of hydrogen-bond acceptors (Lipinski definition) is 7. The Morgan fingerprint density at radius 2 is 1.75 bits per heavy atom. The molecule has 0 fully saturated rings. The number of amides is 1. The minimum Gasteiger partial charge on any atom is -0.484 e. The van der Waals surface area contributed by atoms with Gasteiger partial charge in [0.2, 0.25) is 0 Å². The van der Waals surface area contributed by atoms with Crippen LogP contribution in [0.3, 0.4) is 0 Å². The Kier molecular flexibility index (Phi) is 5.85. The molecule has 0 bridgehead atoms. The lowest BCUT2D eigenvalue weighted by molar-refractivity contribution is -0.118. The van der Waals surface area contributed by atoms with Gasteiger partial charge >= 0.3 is 11.6 Å². The van der Waals surface area contributed by atoms with E-state index in [1.165, 1.54) is 6.07 Å². The number of carbonyl (C=O) groups is 1. The molecule has 8 heteroatoms. The molecule has 0 aliphatic heterocycles. The summed E-state index contributed by atoms with van der Waals surface area (Å²) < 4.78 is 16.5. The molecular weight excluding hydrogens is 410 g/mol. The van der Waals surface area contributed by atoms with Gasteiger partial charge in [-0.2, -0.15) is 0 Å². The second kappa shape index (κ2) is 8.89. The molecule has 0 saturated carbocycles. The Morgan fingerprint density at radius 1 is 0.969 bits per heavy atom. The quantitative estimate of drug-likeness (QED) is 0.454. The van der Waals surface area contributed by atoms with Crippen molar-refractivity contribution in [3.63, 3.8) is 0 Å². The van der Waals surface area contributed by atoms with Crippen LogP contribution in [0, 0.1) is 20.8 Å². The predicted octanol–water partition coefficient (Wildman–Crippen LogP) is 4.32. The van der Waals surface area contributed by atoms with E-state index in [0.29, 0.717) is 22.8 Å². The van der Waals surface area contributed by atoms with Crippen molar-refractivity contribution in [3.8, 4) is 17.5 Å². The molecule has 0 aliphatic rings. The van der Waals surface area contributed by atoms with Gasteiger partial charge < -0.3 is 19.2 Å². The summed E-state index contributed by atoms with van der Waals surface area (Å²) in [5, 5.41) is 3.57. The molecule has 0 unspecified atom stereocenters. The summed E-state index contributed by atoms with van der Waals surface area (Å²) in [4.78, 5) is 32.4. The van der Waals surface area contributed by atoms with Gasteiger partial charge in [-0.15, -0.1) is 0 Å². The number of aryl methyl sites for hydroxylation is 3. The highest BCUT2D eigenvalue weighted by Gasteiger charge is 2.09. The van der Waals surface area contributed by atoms with E-state index in [1.54, 1.807) is 42.5 Å². The van der Waals surface area contributed by atoms with Crippen LogP contribution in [0.25, 0.3) is 11.0 Å². The molecule has 2 aromatic carbocycles. The van der Waals surface area contributed by atoms with Crippen LogP contribution in [0.4, 0.5) is 5.69 Å². The highest BCUT2D eigenvalue weighted by Crippen LogP contribution is 2.24. The minimum absolute atomic E-state index is 0.215. The zero-order chi connectivity index (χ0) is 22.7. The summed E-state index contributed by atoms with van der Waals surface area (Å²) >= 11 is 0. The highest BCUT2D eigenvalue weighted by molar-refractivity contribution is 5.92. The first-order valence-electron chi connectivity index (χ1n) is 9.93. The number of nitrogens with one attached hydrogen (secondary N) is 1. The van der Waals surface area contributed by atoms with Crippen LogP contribution in [0.15, 0.2) is 63.8 Å². The first-order chi connectivity index (χ1) is 15.4. The highest BCUT2D eigenvalue weighted by atomic mass is 16.5. The number of nitrogens with zero attached hydrogens (tertiary/aromatic N) is 2. The van der Waals surface area contributed by atoms with Gasteiger partial charge in [0.15, 0.2) is 6.61 Å². The summed E-state index contributed by atoms with van der Waals surface area (Å²) in [6.45, 7) is 5.34. The number of fused-ring (bicyclic) bond motifs is 1. The molecule has 1 amide bonds. The zero-order valence-electron chi connectivity index (χ0n) is 17.8. The van der Waals surface area contributed by atoms with Gasteiger partial charge in [0, 0.05) is 40.7 Å². The van der Waals surface area contributed by atoms with Crippen LogP contribution >= 0.6 is 0 Å². The molecule has 2 heterocycles. The Labute approximate surface area is 183 Å². The van der Waals surface area contributed by atoms with E-state index in [2.05, 4.69) is 15.3 Å². The van der Waals surface area contributed by atoms with Crippen molar-refractivity contribution in [2.24, 2.45) is 0 Å². The molecule has 32 heavy (non-hydrogen) atoms. The van der Waals surface area contributed by atoms with Gasteiger partial charge in [0.25, 0.3) is 5.91 Å². The van der Waals surface area contributed by atoms with Gasteiger partial charge in [0.1, 0.15) is 17.1 Å². The van der Waals surface area contributed by atoms with Crippen LogP contribution < -0.4 is 20.4 Å². The third-order valence-electron chi connectivity index (χ3n) is 4.58. The maximum atomic E-state index is 12.3. The van der Waals surface area contributed by atoms with Crippen LogP contribution in [0.2, 0.25) is 0 Å². The average Bonchev–Trinajstić information content (AvgIpc) is 2.71. The first-order valence-corrected chi connectivity index (χ1v) is 9.93. The number of ether oxygens (including phenoxy) is 2. The normalized spacial score (nSPS) is 10.7. The predicted molar refractivity (Wildman–Crippen MR) is 119 cm³/mol. The minimum atomic E-state index is -0.432. The lowest BCUT2D eigenvalue weighted by Gasteiger charge is -2.10. The molecule has 162 valence electrons. The van der Waals surface area contributed by atoms with Crippen molar-refractivity contribution in [1.82, 2.24) is 9.97 Å². The lowest BCUT2D eigenvalue weighted by atomic mass is 10.1. The van der Waals surface area contributed by atoms with Crippen molar-refractivity contribution in [1.29, 1.82) is 0 Å². The van der Waals surface area contributed by atoms with E-state index in [4.69, 9.17) is 13.9 Å². The molecule has 4 rings (SSSR count). The molecular formula is C24H21N3O5. The first kappa shape index (κ1) is 21.0. The molecule has 8 nitrogen and oxygen atoms in total. The fourth-order valence-corrected chi connectivity index (χ4v) is 3.22. The van der Waals surface area contributed by atoms with Crippen molar-refractivity contribution in [2.75, 3.05) is 11.9 Å². The molecule has 1 N–H and O–H groups in total. The summed E-state index contributed by atoms with van der Waals surface area (Å²) in [6, 6.07) is 15.5. The fourth-order valence-electron chi connectivity index (χ4n) is 3.22. The average molecular weight is 431 g/mol. The molecule has 0 aliphatic carbocycles. The van der Waals surface area contributed by atoms with Gasteiger partial charge in [-0.05, 0) is 56.7 Å². The number of benzene rings is 2. The lowest BCUT2D eigenvalue weighted by Crippen LogP contribution is -2.20. The maximum absolute atomic E-state index is 12.3. The third-order valence-corrected chi connectivity index (χ3v) is 4.58. The van der Waals surface area contributed by atoms with E-state index in [0.717, 1.165) is 22.3 Å². The number of aromatic nitrogens is 2. The fraction of sp³-hybridized carbons (Fsp3) is 0.167. The number of rotatable bonds is 6. The summed E-state index contributed by atoms with van der Waals surface area (Å²) in [5.41, 5.74) is 2.94. The van der Waals surface area contributed by atoms with Gasteiger partial charge in [0.05, 0.1) is 0 Å². The molecule has 0 radical (unpaired) electrons. The summed E-state index contributed by atoms with van der Waals surface area (Å²) in [7, 11) is 0. The summed E-state index contributed by atoms with van der Waals surface area (Å²) in [5.74, 6) is 0.565. The topological polar surface area (TPSA) is 104 Å². The number of hydrogen-bond donors (Lipinski definition) is 1. The second-order valence-corrected chi connectivity index (χ2v) is 7.31. The number of anilines is 1. The van der Waals surface area contributed by atoms with Crippen LogP contribution in [0.1, 0.15) is 17.0 Å². The van der Waals surface area contributed by atoms with Crippen LogP contribution in [-0.4, -0.2) is 22.5 Å². The Morgan fingerprint density at radius 3 is 2.53 bits per heavy atom. The van der Waals surface area contributed by atoms with Gasteiger partial charge in [-0.3, -0.25) is 4.79 Å². The van der Waals surface area contributed by atoms with E-state index in [9.17, 15) is 9.59 Å². The SMILES string of the molecule is Cc1cc(C)nc(Oc2cccc(NC(=O)COc3ccc4c(C)cc(=O)oc4c3)c2)n1. The van der Waals surface area contributed by atoms with Crippen molar-refractivity contribution in [3.05, 3.63) is 82.0 Å². The largest absolute Gasteiger partial charge is 0.484 e. The van der Waals surface area contributed by atoms with E-state index in [-0.39, 0.29) is 18.5 Å². The Balaban J connectivity index is 1.39. The van der Waals surface area contributed by atoms with Crippen LogP contribution in [0.5, 0.6) is 17.5 Å². The molecule has 0 spiro atoms. The van der Waals surface area contributed by atoms with Crippen LogP contribution in [-0.2, 0) is 4.79 Å². The standard InChI is InChI=1S/C24H21N3O5/c1-14-9-23(29)32-21-12-18(7-8-20(14)21)30-13-22(28)27-17-5-4-6-19(11-17)31-24-25-15(2)10-16(3)26-24/h4-12H,13H2,1-3H3,(H,27,28). The Bertz CT molecular complexity index is 1340. The molecule has 0 saturated heterocycles. The third kappa shape index (κ3) is 5.10. The maximum Gasteiger partial charge on any atom is 0.336 e. The zero-order valence-corrected chi connectivity index (χ0v) is 17.8. The van der Waals surface area contributed by atoms with E-state index in [1.807, 2.05) is 26.8 Å². The van der Waals surface area contributed by atoms with Crippen molar-refractivity contribution in [2.45, 2.75) is 20.8 Å². The molecule has 2 aromatic heterocycles. The Hall–Kier alpha value is -4.20. The van der Waals surface area contributed by atoms with Gasteiger partial charge in [-0.1, -0.05) is 6.07 Å². The van der Waals surface area contributed by atoms with E-state index >= 15 is 0 Å². The van der Waals surface area contributed by atoms with Crippen molar-refractivity contribution >= 4 is 22.6 Å². The molecule has 4 aromatic rings. The summed E-state index contributed by atoms with van der Waals surface area (Å²) in [6.07, 6.45) is 0. The van der Waals surface area contributed by atoms with E-state index < -0.39 is 5.63 Å². The van der Waals surface area contributed by atoms with Gasteiger partial charge in [-0.25, -0.2) is 14.8 Å². The number of carbonyl (C=O) groups excluding carboxylic acids is 1.